The van der Waals surface area contributed by atoms with Gasteiger partial charge in [-0.3, -0.25) is 4.79 Å². The largest absolute Gasteiger partial charge is 0.427 e. The van der Waals surface area contributed by atoms with Crippen molar-refractivity contribution in [3.05, 3.63) is 30.0 Å². The minimum absolute atomic E-state index is 0.292. The lowest BCUT2D eigenvalue weighted by Crippen LogP contribution is -2.26. The summed E-state index contributed by atoms with van der Waals surface area (Å²) in [5.41, 5.74) is 2.33. The summed E-state index contributed by atoms with van der Waals surface area (Å²) >= 11 is 0. The van der Waals surface area contributed by atoms with Crippen LogP contribution >= 0.6 is 0 Å². The van der Waals surface area contributed by atoms with Gasteiger partial charge in [0.25, 0.3) is 0 Å². The Kier molecular flexibility index (Phi) is 5.39. The zero-order chi connectivity index (χ0) is 15.2. The van der Waals surface area contributed by atoms with Gasteiger partial charge < -0.3 is 14.6 Å². The number of nitrogens with one attached hydrogen (secondary N) is 1. The predicted octanol–water partition coefficient (Wildman–Crippen LogP) is 3.37. The number of H-pyrrole nitrogens is 1. The van der Waals surface area contributed by atoms with E-state index < -0.39 is 0 Å². The summed E-state index contributed by atoms with van der Waals surface area (Å²) in [5.74, 6) is 0.295. The Balaban J connectivity index is 2.09. The monoisotopic (exact) mass is 288 g/mol. The molecule has 1 aromatic carbocycles. The standard InChI is InChI=1S/C17H24N2O2/c1-4-9-19(5-2)10-8-14-12-18-17-11-15(21-13(3)20)6-7-16(14)17/h6-7,11-12,18H,4-5,8-10H2,1-3H3. The smallest absolute Gasteiger partial charge is 0.308 e. The van der Waals surface area contributed by atoms with Crippen molar-refractivity contribution in [2.45, 2.75) is 33.6 Å². The molecule has 0 aliphatic rings. The van der Waals surface area contributed by atoms with E-state index in [1.54, 1.807) is 0 Å². The summed E-state index contributed by atoms with van der Waals surface area (Å²) in [7, 11) is 0. The molecule has 21 heavy (non-hydrogen) atoms. The Morgan fingerprint density at radius 3 is 2.76 bits per heavy atom. The van der Waals surface area contributed by atoms with E-state index in [2.05, 4.69) is 29.9 Å². The number of carbonyl (C=O) groups excluding carboxylic acids is 1. The van der Waals surface area contributed by atoms with Crippen LogP contribution in [0, 0.1) is 0 Å². The van der Waals surface area contributed by atoms with Crippen molar-refractivity contribution in [1.29, 1.82) is 0 Å². The summed E-state index contributed by atoms with van der Waals surface area (Å²) in [6.07, 6.45) is 4.27. The first-order valence-corrected chi connectivity index (χ1v) is 7.64. The van der Waals surface area contributed by atoms with Crippen LogP contribution in [0.15, 0.2) is 24.4 Å². The van der Waals surface area contributed by atoms with Crippen LogP contribution in [0.3, 0.4) is 0 Å². The van der Waals surface area contributed by atoms with Gasteiger partial charge in [-0.15, -0.1) is 0 Å². The fraction of sp³-hybridized carbons (Fsp3) is 0.471. The van der Waals surface area contributed by atoms with Crippen LogP contribution < -0.4 is 4.74 Å². The number of nitrogens with zero attached hydrogens (tertiary/aromatic N) is 1. The van der Waals surface area contributed by atoms with E-state index >= 15 is 0 Å². The second-order valence-corrected chi connectivity index (χ2v) is 5.30. The number of benzene rings is 1. The van der Waals surface area contributed by atoms with Gasteiger partial charge in [-0.1, -0.05) is 13.8 Å². The number of rotatable bonds is 7. The molecular weight excluding hydrogens is 264 g/mol. The van der Waals surface area contributed by atoms with E-state index in [-0.39, 0.29) is 5.97 Å². The van der Waals surface area contributed by atoms with Crippen molar-refractivity contribution in [3.63, 3.8) is 0 Å². The maximum absolute atomic E-state index is 11.0. The number of hydrogen-bond donors (Lipinski definition) is 1. The van der Waals surface area contributed by atoms with Gasteiger partial charge in [-0.25, -0.2) is 0 Å². The van der Waals surface area contributed by atoms with Crippen LogP contribution in [-0.2, 0) is 11.2 Å². The Morgan fingerprint density at radius 1 is 1.29 bits per heavy atom. The maximum Gasteiger partial charge on any atom is 0.308 e. The molecule has 2 rings (SSSR count). The lowest BCUT2D eigenvalue weighted by Gasteiger charge is -2.18. The summed E-state index contributed by atoms with van der Waals surface area (Å²) < 4.78 is 5.11. The van der Waals surface area contributed by atoms with Crippen molar-refractivity contribution in [1.82, 2.24) is 9.88 Å². The zero-order valence-electron chi connectivity index (χ0n) is 13.1. The van der Waals surface area contributed by atoms with Crippen molar-refractivity contribution < 1.29 is 9.53 Å². The minimum Gasteiger partial charge on any atom is -0.427 e. The van der Waals surface area contributed by atoms with Crippen LogP contribution in [-0.4, -0.2) is 35.5 Å². The SMILES string of the molecule is CCCN(CC)CCc1c[nH]c2cc(OC(C)=O)ccc12. The van der Waals surface area contributed by atoms with Crippen molar-refractivity contribution in [2.24, 2.45) is 0 Å². The van der Waals surface area contributed by atoms with Gasteiger partial charge in [0.1, 0.15) is 5.75 Å². The van der Waals surface area contributed by atoms with E-state index in [1.807, 2.05) is 18.2 Å². The van der Waals surface area contributed by atoms with Gasteiger partial charge in [-0.05, 0) is 43.6 Å². The molecule has 4 nitrogen and oxygen atoms in total. The molecule has 0 saturated carbocycles. The highest BCUT2D eigenvalue weighted by molar-refractivity contribution is 5.85. The van der Waals surface area contributed by atoms with Gasteiger partial charge in [-0.2, -0.15) is 0 Å². The molecule has 0 bridgehead atoms. The molecule has 0 atom stereocenters. The van der Waals surface area contributed by atoms with Crippen molar-refractivity contribution in [3.8, 4) is 5.75 Å². The molecule has 1 aromatic heterocycles. The third-order valence-corrected chi connectivity index (χ3v) is 3.68. The fourth-order valence-electron chi connectivity index (χ4n) is 2.62. The highest BCUT2D eigenvalue weighted by atomic mass is 16.5. The van der Waals surface area contributed by atoms with Crippen LogP contribution in [0.4, 0.5) is 0 Å². The van der Waals surface area contributed by atoms with E-state index in [9.17, 15) is 4.79 Å². The van der Waals surface area contributed by atoms with Crippen LogP contribution in [0.1, 0.15) is 32.8 Å². The minimum atomic E-state index is -0.292. The molecule has 0 fully saturated rings. The average Bonchev–Trinajstić information content (AvgIpc) is 2.85. The third kappa shape index (κ3) is 4.08. The number of carbonyl (C=O) groups is 1. The summed E-state index contributed by atoms with van der Waals surface area (Å²) in [6.45, 7) is 9.14. The third-order valence-electron chi connectivity index (χ3n) is 3.68. The molecule has 0 aliphatic heterocycles. The molecule has 2 aromatic rings. The Hall–Kier alpha value is -1.81. The van der Waals surface area contributed by atoms with Gasteiger partial charge in [0.05, 0.1) is 0 Å². The van der Waals surface area contributed by atoms with Crippen LogP contribution in [0.25, 0.3) is 10.9 Å². The lowest BCUT2D eigenvalue weighted by atomic mass is 10.1. The molecule has 0 spiro atoms. The molecule has 0 saturated heterocycles. The molecule has 0 aliphatic carbocycles. The fourth-order valence-corrected chi connectivity index (χ4v) is 2.62. The second kappa shape index (κ2) is 7.27. The number of aromatic nitrogens is 1. The maximum atomic E-state index is 11.0. The van der Waals surface area contributed by atoms with E-state index in [4.69, 9.17) is 4.74 Å². The highest BCUT2D eigenvalue weighted by Gasteiger charge is 2.08. The first kappa shape index (κ1) is 15.6. The highest BCUT2D eigenvalue weighted by Crippen LogP contribution is 2.24. The molecule has 0 unspecified atom stereocenters. The first-order chi connectivity index (χ1) is 10.1. The number of esters is 1. The van der Waals surface area contributed by atoms with Crippen LogP contribution in [0.2, 0.25) is 0 Å². The zero-order valence-corrected chi connectivity index (χ0v) is 13.1. The van der Waals surface area contributed by atoms with Gasteiger partial charge in [0.15, 0.2) is 0 Å². The molecule has 4 heteroatoms. The number of likely N-dealkylation sites (N-methyl/N-ethyl adjacent to an activating group) is 1. The van der Waals surface area contributed by atoms with E-state index in [1.165, 1.54) is 24.3 Å². The van der Waals surface area contributed by atoms with Crippen molar-refractivity contribution in [2.75, 3.05) is 19.6 Å². The summed E-state index contributed by atoms with van der Waals surface area (Å²) in [5, 5.41) is 1.21. The van der Waals surface area contributed by atoms with E-state index in [0.29, 0.717) is 5.75 Å². The summed E-state index contributed by atoms with van der Waals surface area (Å²) in [6, 6.07) is 5.75. The number of hydrogen-bond acceptors (Lipinski definition) is 3. The normalized spacial score (nSPS) is 11.2. The van der Waals surface area contributed by atoms with Crippen molar-refractivity contribution >= 4 is 16.9 Å². The molecule has 1 N–H and O–H groups in total. The topological polar surface area (TPSA) is 45.3 Å². The quantitative estimate of drug-likeness (QED) is 0.627. The average molecular weight is 288 g/mol. The lowest BCUT2D eigenvalue weighted by molar-refractivity contribution is -0.131. The Morgan fingerprint density at radius 2 is 2.10 bits per heavy atom. The van der Waals surface area contributed by atoms with Gasteiger partial charge >= 0.3 is 5.97 Å². The van der Waals surface area contributed by atoms with E-state index in [0.717, 1.165) is 31.6 Å². The van der Waals surface area contributed by atoms with Gasteiger partial charge in [0.2, 0.25) is 0 Å². The second-order valence-electron chi connectivity index (χ2n) is 5.30. The molecular formula is C17H24N2O2. The van der Waals surface area contributed by atoms with Gasteiger partial charge in [0, 0.05) is 36.6 Å². The summed E-state index contributed by atoms with van der Waals surface area (Å²) in [4.78, 5) is 16.7. The molecule has 0 radical (unpaired) electrons. The Bertz CT molecular complexity index is 604. The number of ether oxygens (including phenoxy) is 1. The molecule has 0 amide bonds. The number of aromatic amines is 1. The predicted molar refractivity (Wildman–Crippen MR) is 85.7 cm³/mol. The molecule has 1 heterocycles. The first-order valence-electron chi connectivity index (χ1n) is 7.64. The van der Waals surface area contributed by atoms with Crippen LogP contribution in [0.5, 0.6) is 5.75 Å². The number of fused-ring (bicyclic) bond motifs is 1. The Labute approximate surface area is 126 Å². The molecule has 114 valence electrons.